The van der Waals surface area contributed by atoms with Crippen LogP contribution in [0.2, 0.25) is 5.02 Å². The quantitative estimate of drug-likeness (QED) is 0.666. The van der Waals surface area contributed by atoms with Crippen molar-refractivity contribution in [1.29, 1.82) is 0 Å². The molecule has 0 saturated carbocycles. The number of hydrogen-bond acceptors (Lipinski definition) is 5. The topological polar surface area (TPSA) is 81.7 Å². The molecule has 0 heterocycles. The highest BCUT2D eigenvalue weighted by Crippen LogP contribution is 2.22. The molecule has 0 unspecified atom stereocenters. The summed E-state index contributed by atoms with van der Waals surface area (Å²) in [5, 5.41) is 2.94. The van der Waals surface area contributed by atoms with Crippen LogP contribution in [-0.4, -0.2) is 36.9 Å². The first kappa shape index (κ1) is 20.5. The maximum absolute atomic E-state index is 12.0. The van der Waals surface area contributed by atoms with Crippen LogP contribution in [0.4, 0.5) is 0 Å². The molecule has 27 heavy (non-hydrogen) atoms. The lowest BCUT2D eigenvalue weighted by Crippen LogP contribution is -2.43. The van der Waals surface area contributed by atoms with Crippen molar-refractivity contribution in [2.75, 3.05) is 13.2 Å². The molecule has 0 aromatic heterocycles. The van der Waals surface area contributed by atoms with Gasteiger partial charge in [-0.05, 0) is 31.0 Å². The summed E-state index contributed by atoms with van der Waals surface area (Å²) in [6, 6.07) is 15.3. The fraction of sp³-hybridized carbons (Fsp3) is 0.250. The Labute approximate surface area is 162 Å². The van der Waals surface area contributed by atoms with Crippen LogP contribution in [0.25, 0.3) is 0 Å². The van der Waals surface area contributed by atoms with Gasteiger partial charge in [0, 0.05) is 0 Å². The normalized spacial score (nSPS) is 11.3. The minimum Gasteiger partial charge on any atom is -0.480 e. The van der Waals surface area contributed by atoms with E-state index in [0.717, 1.165) is 5.56 Å². The molecule has 0 saturated heterocycles. The number of benzene rings is 2. The first-order valence-corrected chi connectivity index (χ1v) is 8.70. The monoisotopic (exact) mass is 389 g/mol. The molecule has 6 nitrogen and oxygen atoms in total. The van der Waals surface area contributed by atoms with Crippen LogP contribution >= 0.6 is 11.6 Å². The highest BCUT2D eigenvalue weighted by molar-refractivity contribution is 6.32. The van der Waals surface area contributed by atoms with Crippen molar-refractivity contribution in [3.8, 4) is 5.75 Å². The van der Waals surface area contributed by atoms with Gasteiger partial charge in [-0.25, -0.2) is 4.79 Å². The molecule has 0 fully saturated rings. The second-order valence-electron chi connectivity index (χ2n) is 5.80. The van der Waals surface area contributed by atoms with E-state index in [1.807, 2.05) is 30.3 Å². The van der Waals surface area contributed by atoms with Crippen molar-refractivity contribution >= 4 is 29.3 Å². The smallest absolute Gasteiger partial charge is 0.344 e. The van der Waals surface area contributed by atoms with Crippen molar-refractivity contribution in [3.63, 3.8) is 0 Å². The summed E-state index contributed by atoms with van der Waals surface area (Å²) in [4.78, 5) is 35.4. The molecule has 1 N–H and O–H groups in total. The van der Waals surface area contributed by atoms with Gasteiger partial charge < -0.3 is 14.8 Å². The zero-order valence-electron chi connectivity index (χ0n) is 14.8. The fourth-order valence-corrected chi connectivity index (χ4v) is 2.46. The summed E-state index contributed by atoms with van der Waals surface area (Å²) in [7, 11) is 0. The number of carbonyl (C=O) groups excluding carboxylic acids is 3. The van der Waals surface area contributed by atoms with E-state index >= 15 is 0 Å². The lowest BCUT2D eigenvalue weighted by atomic mass is 10.0. The number of ether oxygens (including phenoxy) is 2. The van der Waals surface area contributed by atoms with Crippen LogP contribution in [0, 0.1) is 0 Å². The Morgan fingerprint density at radius 3 is 2.33 bits per heavy atom. The number of Topliss-reactive ketones (excluding diaryl/α,β-unsaturated/α-hetero) is 1. The predicted molar refractivity (Wildman–Crippen MR) is 101 cm³/mol. The van der Waals surface area contributed by atoms with Crippen molar-refractivity contribution in [1.82, 2.24) is 5.32 Å². The molecule has 0 spiro atoms. The van der Waals surface area contributed by atoms with Crippen LogP contribution in [0.1, 0.15) is 12.5 Å². The van der Waals surface area contributed by atoms with Gasteiger partial charge in [0.2, 0.25) is 0 Å². The first-order valence-electron chi connectivity index (χ1n) is 8.32. The van der Waals surface area contributed by atoms with Crippen molar-refractivity contribution in [2.24, 2.45) is 0 Å². The summed E-state index contributed by atoms with van der Waals surface area (Å²) in [6.45, 7) is 0.526. The van der Waals surface area contributed by atoms with Crippen molar-refractivity contribution < 1.29 is 23.9 Å². The van der Waals surface area contributed by atoms with Gasteiger partial charge in [-0.3, -0.25) is 9.59 Å². The summed E-state index contributed by atoms with van der Waals surface area (Å²) in [5.74, 6) is -1.11. The van der Waals surface area contributed by atoms with Crippen LogP contribution < -0.4 is 10.1 Å². The molecule has 142 valence electrons. The second-order valence-corrected chi connectivity index (χ2v) is 6.21. The molecule has 2 aromatic carbocycles. The molecule has 1 atom stereocenters. The molecule has 2 rings (SSSR count). The second kappa shape index (κ2) is 10.3. The predicted octanol–water partition coefficient (Wildman–Crippen LogP) is 2.58. The molecule has 2 aromatic rings. The average Bonchev–Trinajstić information content (AvgIpc) is 2.66. The number of hydrogen-bond donors (Lipinski definition) is 1. The molecule has 0 aliphatic heterocycles. The third-order valence-electron chi connectivity index (χ3n) is 3.66. The Bertz CT molecular complexity index is 794. The highest BCUT2D eigenvalue weighted by atomic mass is 35.5. The van der Waals surface area contributed by atoms with Gasteiger partial charge in [0.05, 0.1) is 11.1 Å². The highest BCUT2D eigenvalue weighted by Gasteiger charge is 2.18. The fourth-order valence-electron chi connectivity index (χ4n) is 2.27. The Hall–Kier alpha value is -2.86. The maximum atomic E-state index is 12.0. The Morgan fingerprint density at radius 2 is 1.67 bits per heavy atom. The minimum absolute atomic E-state index is 0.180. The van der Waals surface area contributed by atoms with E-state index in [9.17, 15) is 14.4 Å². The minimum atomic E-state index is -0.715. The van der Waals surface area contributed by atoms with E-state index in [4.69, 9.17) is 21.1 Å². The number of ketones is 1. The number of esters is 1. The third-order valence-corrected chi connectivity index (χ3v) is 3.97. The number of rotatable bonds is 9. The van der Waals surface area contributed by atoms with Crippen molar-refractivity contribution in [3.05, 3.63) is 65.2 Å². The molecular formula is C20H20ClNO5. The van der Waals surface area contributed by atoms with Crippen LogP contribution in [-0.2, 0) is 25.5 Å². The van der Waals surface area contributed by atoms with Gasteiger partial charge in [-0.1, -0.05) is 54.1 Å². The Kier molecular flexibility index (Phi) is 7.82. The van der Waals surface area contributed by atoms with Gasteiger partial charge in [-0.2, -0.15) is 0 Å². The third kappa shape index (κ3) is 7.11. The SMILES string of the molecule is CC(=O)[C@@H](Cc1ccccc1)NC(=O)COC(=O)COc1ccccc1Cl. The zero-order chi connectivity index (χ0) is 19.6. The average molecular weight is 390 g/mol. The van der Waals surface area contributed by atoms with E-state index in [-0.39, 0.29) is 12.4 Å². The molecule has 7 heteroatoms. The van der Waals surface area contributed by atoms with E-state index in [2.05, 4.69) is 5.32 Å². The van der Waals surface area contributed by atoms with Crippen molar-refractivity contribution in [2.45, 2.75) is 19.4 Å². The van der Waals surface area contributed by atoms with Gasteiger partial charge >= 0.3 is 5.97 Å². The lowest BCUT2D eigenvalue weighted by molar-refractivity contribution is -0.150. The first-order chi connectivity index (χ1) is 13.0. The molecule has 0 bridgehead atoms. The number of carbonyl (C=O) groups is 3. The van der Waals surface area contributed by atoms with E-state index in [0.29, 0.717) is 17.2 Å². The molecule has 1 amide bonds. The van der Waals surface area contributed by atoms with Crippen LogP contribution in [0.3, 0.4) is 0 Å². The largest absolute Gasteiger partial charge is 0.480 e. The summed E-state index contributed by atoms with van der Waals surface area (Å²) < 4.78 is 10.1. The zero-order valence-corrected chi connectivity index (χ0v) is 15.6. The molecule has 0 aliphatic carbocycles. The van der Waals surface area contributed by atoms with Gasteiger partial charge in [0.25, 0.3) is 5.91 Å². The van der Waals surface area contributed by atoms with E-state index in [1.165, 1.54) is 6.92 Å². The number of halogens is 1. The number of para-hydroxylation sites is 1. The van der Waals surface area contributed by atoms with Gasteiger partial charge in [0.15, 0.2) is 19.0 Å². The molecule has 0 radical (unpaired) electrons. The summed E-state index contributed by atoms with van der Waals surface area (Å²) in [6.07, 6.45) is 0.367. The lowest BCUT2D eigenvalue weighted by Gasteiger charge is -2.16. The van der Waals surface area contributed by atoms with Crippen LogP contribution in [0.5, 0.6) is 5.75 Å². The standard InChI is InChI=1S/C20H20ClNO5/c1-14(23)17(11-15-7-3-2-4-8-15)22-19(24)12-27-20(25)13-26-18-10-6-5-9-16(18)21/h2-10,17H,11-13H2,1H3,(H,22,24)/t17-/m1/s1. The summed E-state index contributed by atoms with van der Waals surface area (Å²) in [5.41, 5.74) is 0.920. The van der Waals surface area contributed by atoms with Gasteiger partial charge in [0.1, 0.15) is 5.75 Å². The maximum Gasteiger partial charge on any atom is 0.344 e. The molecule has 0 aliphatic rings. The summed E-state index contributed by atoms with van der Waals surface area (Å²) >= 11 is 5.92. The number of nitrogens with one attached hydrogen (secondary N) is 1. The Balaban J connectivity index is 1.77. The van der Waals surface area contributed by atoms with Gasteiger partial charge in [-0.15, -0.1) is 0 Å². The number of amides is 1. The van der Waals surface area contributed by atoms with E-state index in [1.54, 1.807) is 24.3 Å². The molecular weight excluding hydrogens is 370 g/mol. The van der Waals surface area contributed by atoms with Crippen LogP contribution in [0.15, 0.2) is 54.6 Å². The van der Waals surface area contributed by atoms with E-state index < -0.39 is 24.5 Å². The Morgan fingerprint density at radius 1 is 1.00 bits per heavy atom.